The lowest BCUT2D eigenvalue weighted by Gasteiger charge is -2.21. The highest BCUT2D eigenvalue weighted by molar-refractivity contribution is 5.96. The zero-order valence-electron chi connectivity index (χ0n) is 17.7. The molecule has 8 heteroatoms. The van der Waals surface area contributed by atoms with Crippen molar-refractivity contribution in [3.8, 4) is 11.5 Å². The molecule has 0 fully saturated rings. The van der Waals surface area contributed by atoms with Crippen LogP contribution >= 0.6 is 0 Å². The van der Waals surface area contributed by atoms with E-state index in [4.69, 9.17) is 15.2 Å². The Morgan fingerprint density at radius 2 is 1.77 bits per heavy atom. The van der Waals surface area contributed by atoms with Crippen LogP contribution < -0.4 is 20.5 Å². The zero-order chi connectivity index (χ0) is 22.8. The van der Waals surface area contributed by atoms with E-state index in [1.54, 1.807) is 41.3 Å². The molecule has 2 aromatic carbocycles. The third-order valence-electron chi connectivity index (χ3n) is 4.50. The minimum atomic E-state index is -0.535. The second-order valence-electron chi connectivity index (χ2n) is 6.59. The average molecular weight is 425 g/mol. The molecule has 0 saturated heterocycles. The van der Waals surface area contributed by atoms with Gasteiger partial charge in [0.2, 0.25) is 11.8 Å². The fraction of sp³-hybridized carbons (Fsp3) is 0.261. The second-order valence-corrected chi connectivity index (χ2v) is 6.59. The summed E-state index contributed by atoms with van der Waals surface area (Å²) in [6.07, 6.45) is 1.74. The van der Waals surface area contributed by atoms with Gasteiger partial charge in [0.25, 0.3) is 5.91 Å². The number of hydrogen-bond donors (Lipinski definition) is 2. The first-order valence-corrected chi connectivity index (χ1v) is 9.80. The Hall–Kier alpha value is -3.81. The maximum Gasteiger partial charge on any atom is 0.253 e. The van der Waals surface area contributed by atoms with E-state index in [0.717, 1.165) is 0 Å². The largest absolute Gasteiger partial charge is 0.493 e. The lowest BCUT2D eigenvalue weighted by molar-refractivity contribution is -0.116. The van der Waals surface area contributed by atoms with Crippen LogP contribution in [0.4, 0.5) is 5.69 Å². The van der Waals surface area contributed by atoms with Gasteiger partial charge < -0.3 is 25.4 Å². The van der Waals surface area contributed by atoms with Crippen molar-refractivity contribution in [3.63, 3.8) is 0 Å². The highest BCUT2D eigenvalue weighted by Crippen LogP contribution is 2.28. The molecule has 2 rings (SSSR count). The predicted molar refractivity (Wildman–Crippen MR) is 118 cm³/mol. The lowest BCUT2D eigenvalue weighted by atomic mass is 10.1. The summed E-state index contributed by atoms with van der Waals surface area (Å²) in [7, 11) is 1.50. The van der Waals surface area contributed by atoms with Crippen LogP contribution in [0.2, 0.25) is 0 Å². The molecule has 0 aliphatic rings. The maximum atomic E-state index is 12.9. The number of nitrogens with two attached hydrogens (primary N) is 1. The van der Waals surface area contributed by atoms with Crippen molar-refractivity contribution in [1.29, 1.82) is 0 Å². The molecular weight excluding hydrogens is 398 g/mol. The van der Waals surface area contributed by atoms with Crippen molar-refractivity contribution in [2.24, 2.45) is 5.73 Å². The smallest absolute Gasteiger partial charge is 0.253 e. The maximum absolute atomic E-state index is 12.9. The van der Waals surface area contributed by atoms with Crippen LogP contribution in [0.5, 0.6) is 11.5 Å². The summed E-state index contributed by atoms with van der Waals surface area (Å²) in [5, 5.41) is 2.74. The van der Waals surface area contributed by atoms with Crippen molar-refractivity contribution < 1.29 is 23.9 Å². The van der Waals surface area contributed by atoms with E-state index in [9.17, 15) is 14.4 Å². The van der Waals surface area contributed by atoms with Crippen LogP contribution in [0, 0.1) is 0 Å². The number of methoxy groups -OCH3 is 1. The highest BCUT2D eigenvalue weighted by Gasteiger charge is 2.18. The van der Waals surface area contributed by atoms with Crippen molar-refractivity contribution >= 4 is 23.4 Å². The van der Waals surface area contributed by atoms with E-state index < -0.39 is 5.91 Å². The number of ether oxygens (including phenoxy) is 2. The normalized spacial score (nSPS) is 10.1. The summed E-state index contributed by atoms with van der Waals surface area (Å²) in [5.41, 5.74) is 6.54. The van der Waals surface area contributed by atoms with Crippen LogP contribution in [-0.2, 0) is 4.79 Å². The second kappa shape index (κ2) is 11.4. The van der Waals surface area contributed by atoms with Gasteiger partial charge in [-0.15, -0.1) is 0 Å². The van der Waals surface area contributed by atoms with Gasteiger partial charge in [-0.05, 0) is 49.4 Å². The fourth-order valence-corrected chi connectivity index (χ4v) is 2.83. The molecule has 0 aromatic heterocycles. The summed E-state index contributed by atoms with van der Waals surface area (Å²) in [6.45, 7) is 6.46. The molecule has 3 amide bonds. The van der Waals surface area contributed by atoms with Gasteiger partial charge in [0.1, 0.15) is 6.61 Å². The number of nitrogens with one attached hydrogen (secondary N) is 1. The standard InChI is InChI=1S/C23H27N3O5/c1-4-14-31-19-11-8-17(15-20(19)30-3)23(29)26(5-2)13-12-21(27)25-18-9-6-16(7-10-18)22(24)28/h4,6-11,15H,1,5,12-14H2,2-3H3,(H2,24,28)(H,25,27). The Bertz CT molecular complexity index is 941. The molecule has 0 aliphatic carbocycles. The van der Waals surface area contributed by atoms with Crippen LogP contribution in [-0.4, -0.2) is 49.4 Å². The molecule has 0 atom stereocenters. The first kappa shape index (κ1) is 23.5. The molecule has 31 heavy (non-hydrogen) atoms. The molecule has 8 nitrogen and oxygen atoms in total. The molecule has 0 spiro atoms. The molecule has 3 N–H and O–H groups in total. The topological polar surface area (TPSA) is 111 Å². The number of hydrogen-bond acceptors (Lipinski definition) is 5. The van der Waals surface area contributed by atoms with E-state index >= 15 is 0 Å². The van der Waals surface area contributed by atoms with Gasteiger partial charge in [-0.2, -0.15) is 0 Å². The quantitative estimate of drug-likeness (QED) is 0.538. The molecule has 0 unspecified atom stereocenters. The fourth-order valence-electron chi connectivity index (χ4n) is 2.83. The van der Waals surface area contributed by atoms with Gasteiger partial charge in [-0.3, -0.25) is 14.4 Å². The third kappa shape index (κ3) is 6.60. The molecule has 0 aliphatic heterocycles. The monoisotopic (exact) mass is 425 g/mol. The highest BCUT2D eigenvalue weighted by atomic mass is 16.5. The van der Waals surface area contributed by atoms with Crippen molar-refractivity contribution in [2.75, 3.05) is 32.1 Å². The predicted octanol–water partition coefficient (Wildman–Crippen LogP) is 2.85. The van der Waals surface area contributed by atoms with Gasteiger partial charge in [0, 0.05) is 36.3 Å². The summed E-state index contributed by atoms with van der Waals surface area (Å²) >= 11 is 0. The van der Waals surface area contributed by atoms with Crippen molar-refractivity contribution in [1.82, 2.24) is 4.90 Å². The molecular formula is C23H27N3O5. The SMILES string of the molecule is C=CCOc1ccc(C(=O)N(CC)CCC(=O)Nc2ccc(C(N)=O)cc2)cc1OC. The minimum Gasteiger partial charge on any atom is -0.493 e. The molecule has 164 valence electrons. The van der Waals surface area contributed by atoms with E-state index in [2.05, 4.69) is 11.9 Å². The van der Waals surface area contributed by atoms with Crippen molar-refractivity contribution in [3.05, 3.63) is 66.2 Å². The first-order valence-electron chi connectivity index (χ1n) is 9.80. The Morgan fingerprint density at radius 3 is 2.35 bits per heavy atom. The summed E-state index contributed by atoms with van der Waals surface area (Å²) < 4.78 is 10.8. The number of carbonyl (C=O) groups excluding carboxylic acids is 3. The Kier molecular flexibility index (Phi) is 8.63. The van der Waals surface area contributed by atoms with Crippen LogP contribution in [0.25, 0.3) is 0 Å². The number of primary amides is 1. The molecule has 0 heterocycles. The van der Waals surface area contributed by atoms with Gasteiger partial charge in [0.15, 0.2) is 11.5 Å². The number of amides is 3. The Morgan fingerprint density at radius 1 is 1.10 bits per heavy atom. The van der Waals surface area contributed by atoms with Gasteiger partial charge >= 0.3 is 0 Å². The molecule has 2 aromatic rings. The van der Waals surface area contributed by atoms with Crippen molar-refractivity contribution in [2.45, 2.75) is 13.3 Å². The summed E-state index contributed by atoms with van der Waals surface area (Å²) in [4.78, 5) is 37.8. The van der Waals surface area contributed by atoms with Crippen LogP contribution in [0.3, 0.4) is 0 Å². The molecule has 0 radical (unpaired) electrons. The van der Waals surface area contributed by atoms with Gasteiger partial charge in [-0.25, -0.2) is 0 Å². The Balaban J connectivity index is 1.98. The van der Waals surface area contributed by atoms with E-state index in [1.807, 2.05) is 6.92 Å². The number of carbonyl (C=O) groups is 3. The molecule has 0 bridgehead atoms. The number of anilines is 1. The third-order valence-corrected chi connectivity index (χ3v) is 4.50. The van der Waals surface area contributed by atoms with E-state index in [-0.39, 0.29) is 24.8 Å². The van der Waals surface area contributed by atoms with Gasteiger partial charge in [-0.1, -0.05) is 12.7 Å². The van der Waals surface area contributed by atoms with E-state index in [0.29, 0.717) is 41.5 Å². The van der Waals surface area contributed by atoms with Crippen LogP contribution in [0.15, 0.2) is 55.1 Å². The average Bonchev–Trinajstić information content (AvgIpc) is 2.78. The summed E-state index contributed by atoms with van der Waals surface area (Å²) in [6, 6.07) is 11.2. The first-order chi connectivity index (χ1) is 14.9. The Labute approximate surface area is 181 Å². The lowest BCUT2D eigenvalue weighted by Crippen LogP contribution is -2.33. The summed E-state index contributed by atoms with van der Waals surface area (Å²) in [5.74, 6) is -0.0324. The van der Waals surface area contributed by atoms with Gasteiger partial charge in [0.05, 0.1) is 7.11 Å². The minimum absolute atomic E-state index is 0.120. The number of rotatable bonds is 11. The van der Waals surface area contributed by atoms with Crippen LogP contribution in [0.1, 0.15) is 34.1 Å². The van der Waals surface area contributed by atoms with E-state index in [1.165, 1.54) is 19.2 Å². The number of benzene rings is 2. The number of nitrogens with zero attached hydrogens (tertiary/aromatic N) is 1. The zero-order valence-corrected chi connectivity index (χ0v) is 17.7. The molecule has 0 saturated carbocycles.